The van der Waals surface area contributed by atoms with Crippen molar-refractivity contribution in [3.05, 3.63) is 59.5 Å². The first-order chi connectivity index (χ1) is 12.6. The van der Waals surface area contributed by atoms with E-state index in [0.29, 0.717) is 5.88 Å². The number of nitrogens with one attached hydrogen (secondary N) is 2. The Balaban J connectivity index is 1.42. The van der Waals surface area contributed by atoms with Crippen LogP contribution >= 0.6 is 11.3 Å². The Hall–Kier alpha value is -3.07. The molecule has 6 nitrogen and oxygen atoms in total. The van der Waals surface area contributed by atoms with Gasteiger partial charge in [0.15, 0.2) is 0 Å². The number of rotatable bonds is 6. The minimum Gasteiger partial charge on any atom is -0.475 e. The Morgan fingerprint density at radius 3 is 2.77 bits per heavy atom. The lowest BCUT2D eigenvalue weighted by atomic mass is 10.3. The smallest absolute Gasteiger partial charge is 0.319 e. The van der Waals surface area contributed by atoms with Crippen LogP contribution in [0, 0.1) is 11.6 Å². The van der Waals surface area contributed by atoms with E-state index in [1.54, 1.807) is 23.5 Å². The van der Waals surface area contributed by atoms with Crippen molar-refractivity contribution in [1.82, 2.24) is 15.5 Å². The fraction of sp³-hybridized carbons (Fsp3) is 0.118. The van der Waals surface area contributed by atoms with E-state index in [9.17, 15) is 13.6 Å². The number of thiophene rings is 1. The fourth-order valence-corrected chi connectivity index (χ4v) is 2.72. The number of halogens is 2. The molecule has 2 amide bonds. The molecule has 3 rings (SSSR count). The summed E-state index contributed by atoms with van der Waals surface area (Å²) < 4.78 is 31.8. The van der Waals surface area contributed by atoms with Crippen LogP contribution in [0.5, 0.6) is 5.88 Å². The van der Waals surface area contributed by atoms with Gasteiger partial charge < -0.3 is 15.4 Å². The van der Waals surface area contributed by atoms with Gasteiger partial charge in [-0.1, -0.05) is 6.07 Å². The summed E-state index contributed by atoms with van der Waals surface area (Å²) in [6, 6.07) is 9.49. The second kappa shape index (κ2) is 8.34. The van der Waals surface area contributed by atoms with Crippen molar-refractivity contribution >= 4 is 23.1 Å². The highest BCUT2D eigenvalue weighted by Gasteiger charge is 2.08. The molecule has 9 heteroatoms. The molecule has 0 saturated carbocycles. The van der Waals surface area contributed by atoms with E-state index in [2.05, 4.69) is 20.8 Å². The van der Waals surface area contributed by atoms with Crippen LogP contribution in [0.1, 0.15) is 0 Å². The van der Waals surface area contributed by atoms with Gasteiger partial charge in [-0.25, -0.2) is 13.6 Å². The normalized spacial score (nSPS) is 10.4. The van der Waals surface area contributed by atoms with Crippen LogP contribution in [0.3, 0.4) is 0 Å². The van der Waals surface area contributed by atoms with Crippen LogP contribution in [-0.4, -0.2) is 29.4 Å². The summed E-state index contributed by atoms with van der Waals surface area (Å²) in [7, 11) is 0. The van der Waals surface area contributed by atoms with Crippen molar-refractivity contribution in [2.45, 2.75) is 0 Å². The predicted molar refractivity (Wildman–Crippen MR) is 94.2 cm³/mol. The summed E-state index contributed by atoms with van der Waals surface area (Å²) in [5.74, 6) is -1.04. The highest BCUT2D eigenvalue weighted by atomic mass is 32.1. The van der Waals surface area contributed by atoms with Gasteiger partial charge in [-0.15, -0.1) is 21.5 Å². The zero-order chi connectivity index (χ0) is 18.4. The lowest BCUT2D eigenvalue weighted by Gasteiger charge is -2.09. The Labute approximate surface area is 151 Å². The Morgan fingerprint density at radius 1 is 1.15 bits per heavy atom. The summed E-state index contributed by atoms with van der Waals surface area (Å²) >= 11 is 1.56. The molecule has 1 aromatic carbocycles. The average Bonchev–Trinajstić information content (AvgIpc) is 3.17. The van der Waals surface area contributed by atoms with Crippen molar-refractivity contribution < 1.29 is 18.3 Å². The van der Waals surface area contributed by atoms with Crippen LogP contribution in [0.4, 0.5) is 19.3 Å². The number of hydrogen-bond acceptors (Lipinski definition) is 5. The van der Waals surface area contributed by atoms with Crippen molar-refractivity contribution in [1.29, 1.82) is 0 Å². The number of urea groups is 1. The molecule has 0 fully saturated rings. The summed E-state index contributed by atoms with van der Waals surface area (Å²) in [6.07, 6.45) is 0. The number of ether oxygens (including phenoxy) is 1. The Morgan fingerprint density at radius 2 is 2.04 bits per heavy atom. The first-order valence-electron chi connectivity index (χ1n) is 7.62. The Bertz CT molecular complexity index is 873. The number of hydrogen-bond donors (Lipinski definition) is 2. The van der Waals surface area contributed by atoms with Crippen LogP contribution in [0.25, 0.3) is 10.6 Å². The molecule has 3 aromatic rings. The maximum absolute atomic E-state index is 13.4. The van der Waals surface area contributed by atoms with E-state index in [1.807, 2.05) is 17.5 Å². The molecule has 0 aliphatic heterocycles. The van der Waals surface area contributed by atoms with Gasteiger partial charge in [0, 0.05) is 12.1 Å². The first kappa shape index (κ1) is 17.7. The van der Waals surface area contributed by atoms with Crippen LogP contribution < -0.4 is 15.4 Å². The third-order valence-electron chi connectivity index (χ3n) is 3.23. The molecule has 0 radical (unpaired) electrons. The van der Waals surface area contributed by atoms with Crippen LogP contribution in [0.15, 0.2) is 47.8 Å². The van der Waals surface area contributed by atoms with Crippen molar-refractivity contribution in [2.75, 3.05) is 18.5 Å². The molecule has 2 aromatic heterocycles. The van der Waals surface area contributed by atoms with Gasteiger partial charge in [-0.3, -0.25) is 0 Å². The quantitative estimate of drug-likeness (QED) is 0.644. The zero-order valence-electron chi connectivity index (χ0n) is 13.4. The number of benzene rings is 1. The maximum Gasteiger partial charge on any atom is 0.319 e. The minimum absolute atomic E-state index is 0.145. The van der Waals surface area contributed by atoms with Gasteiger partial charge in [0.05, 0.1) is 17.1 Å². The number of carbonyl (C=O) groups is 1. The monoisotopic (exact) mass is 376 g/mol. The Kier molecular flexibility index (Phi) is 5.69. The van der Waals surface area contributed by atoms with E-state index in [4.69, 9.17) is 4.74 Å². The van der Waals surface area contributed by atoms with E-state index >= 15 is 0 Å². The van der Waals surface area contributed by atoms with Crippen LogP contribution in [-0.2, 0) is 0 Å². The molecule has 2 N–H and O–H groups in total. The number of nitrogens with zero attached hydrogens (tertiary/aromatic N) is 2. The molecular formula is C17H14F2N4O2S. The van der Waals surface area contributed by atoms with Crippen molar-refractivity contribution in [2.24, 2.45) is 0 Å². The van der Waals surface area contributed by atoms with Gasteiger partial charge in [0.1, 0.15) is 23.9 Å². The molecule has 0 aliphatic rings. The first-order valence-corrected chi connectivity index (χ1v) is 8.50. The molecule has 0 saturated heterocycles. The van der Waals surface area contributed by atoms with Crippen molar-refractivity contribution in [3.63, 3.8) is 0 Å². The zero-order valence-corrected chi connectivity index (χ0v) is 14.2. The second-order valence-corrected chi connectivity index (χ2v) is 6.04. The standard InChI is InChI=1S/C17H14F2N4O2S/c18-11-3-4-12(19)14(10-11)21-17(24)20-7-8-25-16-6-5-13(22-23-16)15-2-1-9-26-15/h1-6,9-10H,7-8H2,(H2,20,21,24). The minimum atomic E-state index is -0.723. The summed E-state index contributed by atoms with van der Waals surface area (Å²) in [6.45, 7) is 0.295. The topological polar surface area (TPSA) is 76.1 Å². The number of amides is 2. The number of aromatic nitrogens is 2. The molecule has 2 heterocycles. The number of carbonyl (C=O) groups excluding carboxylic acids is 1. The molecule has 0 atom stereocenters. The van der Waals surface area contributed by atoms with Gasteiger partial charge in [0.25, 0.3) is 0 Å². The van der Waals surface area contributed by atoms with Gasteiger partial charge in [-0.2, -0.15) is 0 Å². The SMILES string of the molecule is O=C(NCCOc1ccc(-c2cccs2)nn1)Nc1cc(F)ccc1F. The molecular weight excluding hydrogens is 362 g/mol. The number of anilines is 1. The fourth-order valence-electron chi connectivity index (χ4n) is 2.03. The molecule has 0 aliphatic carbocycles. The average molecular weight is 376 g/mol. The van der Waals surface area contributed by atoms with Crippen molar-refractivity contribution in [3.8, 4) is 16.5 Å². The molecule has 134 valence electrons. The summed E-state index contributed by atoms with van der Waals surface area (Å²) in [5.41, 5.74) is 0.514. The highest BCUT2D eigenvalue weighted by Crippen LogP contribution is 2.22. The largest absolute Gasteiger partial charge is 0.475 e. The van der Waals surface area contributed by atoms with Gasteiger partial charge in [-0.05, 0) is 29.6 Å². The van der Waals surface area contributed by atoms with Crippen LogP contribution in [0.2, 0.25) is 0 Å². The van der Waals surface area contributed by atoms with E-state index in [0.717, 1.165) is 28.8 Å². The van der Waals surface area contributed by atoms with E-state index in [1.165, 1.54) is 0 Å². The van der Waals surface area contributed by atoms with E-state index in [-0.39, 0.29) is 18.8 Å². The van der Waals surface area contributed by atoms with Gasteiger partial charge in [0.2, 0.25) is 5.88 Å². The van der Waals surface area contributed by atoms with E-state index < -0.39 is 17.7 Å². The summed E-state index contributed by atoms with van der Waals surface area (Å²) in [4.78, 5) is 12.7. The predicted octanol–water partition coefficient (Wildman–Crippen LogP) is 3.68. The molecule has 0 bridgehead atoms. The third kappa shape index (κ3) is 4.73. The lowest BCUT2D eigenvalue weighted by molar-refractivity contribution is 0.246. The molecule has 0 unspecified atom stereocenters. The molecule has 26 heavy (non-hydrogen) atoms. The highest BCUT2D eigenvalue weighted by molar-refractivity contribution is 7.13. The van der Waals surface area contributed by atoms with Gasteiger partial charge >= 0.3 is 6.03 Å². The summed E-state index contributed by atoms with van der Waals surface area (Å²) in [5, 5.41) is 14.7. The third-order valence-corrected chi connectivity index (χ3v) is 4.12. The molecule has 0 spiro atoms. The maximum atomic E-state index is 13.4. The lowest BCUT2D eigenvalue weighted by Crippen LogP contribution is -2.32. The second-order valence-electron chi connectivity index (χ2n) is 5.09.